The molecule has 122 valence electrons. The second kappa shape index (κ2) is 6.03. The molecule has 1 heterocycles. The number of hydrogen-bond donors (Lipinski definition) is 1. The van der Waals surface area contributed by atoms with E-state index in [2.05, 4.69) is 0 Å². The summed E-state index contributed by atoms with van der Waals surface area (Å²) in [4.78, 5) is 11.1. The van der Waals surface area contributed by atoms with Crippen LogP contribution in [0.1, 0.15) is 0 Å². The zero-order valence-corrected chi connectivity index (χ0v) is 12.0. The highest BCUT2D eigenvalue weighted by Crippen LogP contribution is 2.32. The van der Waals surface area contributed by atoms with E-state index >= 15 is 0 Å². The SMILES string of the molecule is O=C(CS(=O)(=O)c1ccc2c(c1)OCCO2)NCC(F)(F)F. The van der Waals surface area contributed by atoms with Crippen molar-refractivity contribution in [2.45, 2.75) is 11.1 Å². The number of nitrogens with one attached hydrogen (secondary N) is 1. The van der Waals surface area contributed by atoms with E-state index in [9.17, 15) is 26.4 Å². The number of halogens is 3. The minimum Gasteiger partial charge on any atom is -0.486 e. The summed E-state index contributed by atoms with van der Waals surface area (Å²) in [7, 11) is -4.08. The Bertz CT molecular complexity index is 672. The van der Waals surface area contributed by atoms with E-state index in [4.69, 9.17) is 9.47 Å². The Balaban J connectivity index is 2.08. The van der Waals surface area contributed by atoms with Crippen molar-refractivity contribution in [3.63, 3.8) is 0 Å². The third-order valence-electron chi connectivity index (χ3n) is 2.68. The summed E-state index contributed by atoms with van der Waals surface area (Å²) in [6.07, 6.45) is -4.60. The maximum absolute atomic E-state index is 12.0. The van der Waals surface area contributed by atoms with Gasteiger partial charge in [0, 0.05) is 6.07 Å². The predicted octanol–water partition coefficient (Wildman–Crippen LogP) is 0.910. The summed E-state index contributed by atoms with van der Waals surface area (Å²) in [6, 6.07) is 3.76. The molecule has 0 saturated carbocycles. The van der Waals surface area contributed by atoms with Gasteiger partial charge in [0.2, 0.25) is 5.91 Å². The van der Waals surface area contributed by atoms with Gasteiger partial charge in [-0.3, -0.25) is 4.79 Å². The van der Waals surface area contributed by atoms with Crippen LogP contribution in [0.15, 0.2) is 23.1 Å². The van der Waals surface area contributed by atoms with Gasteiger partial charge in [0.25, 0.3) is 0 Å². The smallest absolute Gasteiger partial charge is 0.405 e. The molecule has 0 fully saturated rings. The van der Waals surface area contributed by atoms with E-state index in [0.29, 0.717) is 12.4 Å². The Morgan fingerprint density at radius 1 is 1.18 bits per heavy atom. The molecule has 0 aliphatic carbocycles. The zero-order chi connectivity index (χ0) is 16.4. The van der Waals surface area contributed by atoms with Crippen LogP contribution < -0.4 is 14.8 Å². The Morgan fingerprint density at radius 3 is 2.45 bits per heavy atom. The van der Waals surface area contributed by atoms with Crippen LogP contribution in [-0.4, -0.2) is 46.0 Å². The maximum atomic E-state index is 12.0. The summed E-state index contributed by atoms with van der Waals surface area (Å²) < 4.78 is 70.4. The number of fused-ring (bicyclic) bond motifs is 1. The maximum Gasteiger partial charge on any atom is 0.405 e. The largest absolute Gasteiger partial charge is 0.486 e. The van der Waals surface area contributed by atoms with Crippen LogP contribution in [0, 0.1) is 0 Å². The summed E-state index contributed by atoms with van der Waals surface area (Å²) in [5.41, 5.74) is 0. The van der Waals surface area contributed by atoms with E-state index in [1.165, 1.54) is 23.5 Å². The molecule has 0 saturated heterocycles. The lowest BCUT2D eigenvalue weighted by atomic mass is 10.3. The van der Waals surface area contributed by atoms with Gasteiger partial charge in [0.05, 0.1) is 4.90 Å². The number of alkyl halides is 3. The number of amides is 1. The van der Waals surface area contributed by atoms with Gasteiger partial charge in [-0.1, -0.05) is 0 Å². The molecule has 0 spiro atoms. The minimum absolute atomic E-state index is 0.211. The molecule has 1 aromatic carbocycles. The van der Waals surface area contributed by atoms with Crippen molar-refractivity contribution in [1.29, 1.82) is 0 Å². The first-order chi connectivity index (χ1) is 10.2. The summed E-state index contributed by atoms with van der Waals surface area (Å²) in [5, 5.41) is 1.51. The third-order valence-corrected chi connectivity index (χ3v) is 4.29. The second-order valence-electron chi connectivity index (χ2n) is 4.46. The standard InChI is InChI=1S/C12H12F3NO5S/c13-12(14,15)7-16-11(17)6-22(18,19)8-1-2-9-10(5-8)21-4-3-20-9/h1-2,5H,3-4,6-7H2,(H,16,17). The fourth-order valence-corrected chi connectivity index (χ4v) is 2.90. The number of hydrogen-bond acceptors (Lipinski definition) is 5. The molecule has 6 nitrogen and oxygen atoms in total. The lowest BCUT2D eigenvalue weighted by molar-refractivity contribution is -0.137. The highest BCUT2D eigenvalue weighted by Gasteiger charge is 2.29. The molecule has 10 heteroatoms. The van der Waals surface area contributed by atoms with Gasteiger partial charge in [-0.25, -0.2) is 8.42 Å². The molecule has 1 N–H and O–H groups in total. The number of carbonyl (C=O) groups excluding carboxylic acids is 1. The van der Waals surface area contributed by atoms with Crippen molar-refractivity contribution in [2.24, 2.45) is 0 Å². The van der Waals surface area contributed by atoms with Crippen LogP contribution in [0.4, 0.5) is 13.2 Å². The Labute approximate surface area is 124 Å². The molecule has 1 aliphatic rings. The zero-order valence-electron chi connectivity index (χ0n) is 11.1. The van der Waals surface area contributed by atoms with E-state index in [0.717, 1.165) is 0 Å². The molecular weight excluding hydrogens is 327 g/mol. The van der Waals surface area contributed by atoms with Crippen LogP contribution in [0.5, 0.6) is 11.5 Å². The van der Waals surface area contributed by atoms with Crippen LogP contribution in [0.25, 0.3) is 0 Å². The first kappa shape index (κ1) is 16.4. The van der Waals surface area contributed by atoms with Gasteiger partial charge < -0.3 is 14.8 Å². The van der Waals surface area contributed by atoms with Gasteiger partial charge in [0.15, 0.2) is 21.3 Å². The number of benzene rings is 1. The summed E-state index contributed by atoms with van der Waals surface area (Å²) in [6.45, 7) is -0.996. The van der Waals surface area contributed by atoms with E-state index in [1.807, 2.05) is 0 Å². The molecule has 1 aliphatic heterocycles. The number of sulfone groups is 1. The van der Waals surface area contributed by atoms with Crippen LogP contribution in [-0.2, 0) is 14.6 Å². The van der Waals surface area contributed by atoms with Crippen molar-refractivity contribution in [1.82, 2.24) is 5.32 Å². The molecule has 0 bridgehead atoms. The lowest BCUT2D eigenvalue weighted by Crippen LogP contribution is -2.37. The lowest BCUT2D eigenvalue weighted by Gasteiger charge is -2.18. The van der Waals surface area contributed by atoms with Gasteiger partial charge >= 0.3 is 6.18 Å². The quantitative estimate of drug-likeness (QED) is 0.882. The first-order valence-electron chi connectivity index (χ1n) is 6.13. The average Bonchev–Trinajstić information content (AvgIpc) is 2.43. The first-order valence-corrected chi connectivity index (χ1v) is 7.78. The highest BCUT2D eigenvalue weighted by atomic mass is 32.2. The van der Waals surface area contributed by atoms with E-state index in [-0.39, 0.29) is 17.3 Å². The number of ether oxygens (including phenoxy) is 2. The van der Waals surface area contributed by atoms with Gasteiger partial charge in [-0.05, 0) is 12.1 Å². The van der Waals surface area contributed by atoms with Crippen LogP contribution in [0.2, 0.25) is 0 Å². The van der Waals surface area contributed by atoms with Crippen molar-refractivity contribution >= 4 is 15.7 Å². The Morgan fingerprint density at radius 2 is 1.82 bits per heavy atom. The minimum atomic E-state index is -4.60. The molecule has 0 radical (unpaired) electrons. The van der Waals surface area contributed by atoms with Crippen LogP contribution >= 0.6 is 0 Å². The molecule has 1 aromatic rings. The molecule has 0 aromatic heterocycles. The van der Waals surface area contributed by atoms with Gasteiger partial charge in [0.1, 0.15) is 25.5 Å². The van der Waals surface area contributed by atoms with Crippen molar-refractivity contribution in [3.8, 4) is 11.5 Å². The fraction of sp³-hybridized carbons (Fsp3) is 0.417. The molecule has 0 atom stereocenters. The second-order valence-corrected chi connectivity index (χ2v) is 6.45. The Kier molecular flexibility index (Phi) is 4.50. The molecule has 0 unspecified atom stereocenters. The topological polar surface area (TPSA) is 81.7 Å². The number of carbonyl (C=O) groups is 1. The number of rotatable bonds is 4. The fourth-order valence-electron chi connectivity index (χ4n) is 1.72. The molecule has 2 rings (SSSR count). The predicted molar refractivity (Wildman–Crippen MR) is 68.5 cm³/mol. The van der Waals surface area contributed by atoms with Gasteiger partial charge in [-0.15, -0.1) is 0 Å². The van der Waals surface area contributed by atoms with Crippen molar-refractivity contribution in [3.05, 3.63) is 18.2 Å². The molecule has 22 heavy (non-hydrogen) atoms. The van der Waals surface area contributed by atoms with Crippen LogP contribution in [0.3, 0.4) is 0 Å². The average molecular weight is 339 g/mol. The Hall–Kier alpha value is -1.97. The van der Waals surface area contributed by atoms with E-state index in [1.54, 1.807) is 0 Å². The summed E-state index contributed by atoms with van der Waals surface area (Å²) in [5.74, 6) is -1.73. The van der Waals surface area contributed by atoms with E-state index < -0.39 is 34.2 Å². The monoisotopic (exact) mass is 339 g/mol. The van der Waals surface area contributed by atoms with Gasteiger partial charge in [-0.2, -0.15) is 13.2 Å². The van der Waals surface area contributed by atoms with Crippen molar-refractivity contribution < 1.29 is 35.9 Å². The molecule has 1 amide bonds. The molecular formula is C12H12F3NO5S. The normalized spacial score (nSPS) is 14.5. The van der Waals surface area contributed by atoms with Crippen molar-refractivity contribution in [2.75, 3.05) is 25.5 Å². The highest BCUT2D eigenvalue weighted by molar-refractivity contribution is 7.92. The third kappa shape index (κ3) is 4.26. The summed E-state index contributed by atoms with van der Waals surface area (Å²) >= 11 is 0.